The summed E-state index contributed by atoms with van der Waals surface area (Å²) in [5.41, 5.74) is 5.81. The number of nitrogens with one attached hydrogen (secondary N) is 1. The van der Waals surface area contributed by atoms with E-state index in [1.165, 1.54) is 4.90 Å². The summed E-state index contributed by atoms with van der Waals surface area (Å²) in [4.78, 5) is 26.5. The van der Waals surface area contributed by atoms with Crippen molar-refractivity contribution in [2.24, 2.45) is 5.73 Å². The van der Waals surface area contributed by atoms with Gasteiger partial charge in [-0.15, -0.1) is 0 Å². The van der Waals surface area contributed by atoms with E-state index in [9.17, 15) is 9.59 Å². The van der Waals surface area contributed by atoms with Crippen LogP contribution in [0.5, 0.6) is 0 Å². The van der Waals surface area contributed by atoms with Gasteiger partial charge in [0.2, 0.25) is 0 Å². The fourth-order valence-electron chi connectivity index (χ4n) is 2.84. The molecule has 3 N–H and O–H groups in total. The van der Waals surface area contributed by atoms with Gasteiger partial charge in [0.05, 0.1) is 0 Å². The first kappa shape index (κ1) is 14.3. The second-order valence-electron chi connectivity index (χ2n) is 5.16. The van der Waals surface area contributed by atoms with E-state index in [1.54, 1.807) is 0 Å². The van der Waals surface area contributed by atoms with Crippen LogP contribution in [-0.4, -0.2) is 29.9 Å². The van der Waals surface area contributed by atoms with Crippen molar-refractivity contribution in [3.8, 4) is 0 Å². The summed E-state index contributed by atoms with van der Waals surface area (Å²) in [6.45, 7) is 0.435. The highest BCUT2D eigenvalue weighted by Gasteiger charge is 2.53. The molecule has 0 saturated carbocycles. The Hall–Kier alpha value is -2.66. The Morgan fingerprint density at radius 3 is 1.86 bits per heavy atom. The third-order valence-electron chi connectivity index (χ3n) is 3.87. The zero-order valence-electron chi connectivity index (χ0n) is 12.0. The lowest BCUT2D eigenvalue weighted by Crippen LogP contribution is -2.45. The molecular weight excluding hydrogens is 278 g/mol. The molecule has 22 heavy (non-hydrogen) atoms. The first-order chi connectivity index (χ1) is 10.7. The van der Waals surface area contributed by atoms with Crippen LogP contribution >= 0.6 is 0 Å². The lowest BCUT2D eigenvalue weighted by molar-refractivity contribution is -0.130. The van der Waals surface area contributed by atoms with Gasteiger partial charge in [-0.2, -0.15) is 0 Å². The standard InChI is InChI=1S/C17H17N3O2/c18-11-12-20-15(21)17(19-16(20)22,13-7-3-1-4-8-13)14-9-5-2-6-10-14/h1-10H,11-12,18H2,(H,19,22). The lowest BCUT2D eigenvalue weighted by atomic mass is 9.82. The normalized spacial score (nSPS) is 16.7. The number of carbonyl (C=O) groups is 2. The Balaban J connectivity index is 2.18. The van der Waals surface area contributed by atoms with Crippen LogP contribution in [0.25, 0.3) is 0 Å². The van der Waals surface area contributed by atoms with Gasteiger partial charge in [0.1, 0.15) is 0 Å². The molecule has 2 aromatic rings. The Labute approximate surface area is 128 Å². The van der Waals surface area contributed by atoms with Crippen molar-refractivity contribution in [3.05, 3.63) is 71.8 Å². The SMILES string of the molecule is NCCN1C(=O)NC(c2ccccc2)(c2ccccc2)C1=O. The van der Waals surface area contributed by atoms with Crippen LogP contribution in [0.15, 0.2) is 60.7 Å². The molecule has 0 radical (unpaired) electrons. The molecule has 1 fully saturated rings. The Kier molecular flexibility index (Phi) is 3.65. The highest BCUT2D eigenvalue weighted by Crippen LogP contribution is 2.35. The second-order valence-corrected chi connectivity index (χ2v) is 5.16. The number of rotatable bonds is 4. The molecule has 3 rings (SSSR count). The molecule has 1 aliphatic heterocycles. The van der Waals surface area contributed by atoms with Crippen LogP contribution in [0, 0.1) is 0 Å². The van der Waals surface area contributed by atoms with Gasteiger partial charge in [-0.3, -0.25) is 9.69 Å². The van der Waals surface area contributed by atoms with Gasteiger partial charge in [0.25, 0.3) is 5.91 Å². The molecule has 1 saturated heterocycles. The minimum atomic E-state index is -1.19. The second kappa shape index (κ2) is 5.61. The average Bonchev–Trinajstić information content (AvgIpc) is 2.82. The number of amides is 3. The molecule has 1 heterocycles. The zero-order chi connectivity index (χ0) is 15.6. The third kappa shape index (κ3) is 2.07. The molecule has 5 heteroatoms. The van der Waals surface area contributed by atoms with Crippen LogP contribution in [0.4, 0.5) is 4.79 Å². The topological polar surface area (TPSA) is 75.4 Å². The van der Waals surface area contributed by atoms with Crippen molar-refractivity contribution in [2.45, 2.75) is 5.54 Å². The quantitative estimate of drug-likeness (QED) is 0.838. The number of hydrogen-bond acceptors (Lipinski definition) is 3. The highest BCUT2D eigenvalue weighted by atomic mass is 16.2. The van der Waals surface area contributed by atoms with Gasteiger partial charge in [-0.1, -0.05) is 60.7 Å². The van der Waals surface area contributed by atoms with E-state index in [2.05, 4.69) is 5.32 Å². The predicted octanol–water partition coefficient (Wildman–Crippen LogP) is 1.44. The van der Waals surface area contributed by atoms with Crippen molar-refractivity contribution < 1.29 is 9.59 Å². The van der Waals surface area contributed by atoms with E-state index in [0.717, 1.165) is 11.1 Å². The summed E-state index contributed by atoms with van der Waals surface area (Å²) in [7, 11) is 0. The number of nitrogens with two attached hydrogens (primary N) is 1. The van der Waals surface area contributed by atoms with Crippen LogP contribution in [0.3, 0.4) is 0 Å². The minimum Gasteiger partial charge on any atom is -0.329 e. The van der Waals surface area contributed by atoms with E-state index >= 15 is 0 Å². The smallest absolute Gasteiger partial charge is 0.325 e. The molecule has 0 bridgehead atoms. The van der Waals surface area contributed by atoms with Crippen molar-refractivity contribution in [1.29, 1.82) is 0 Å². The number of imide groups is 1. The van der Waals surface area contributed by atoms with Crippen molar-refractivity contribution in [3.63, 3.8) is 0 Å². The molecule has 2 aromatic carbocycles. The van der Waals surface area contributed by atoms with Gasteiger partial charge in [0.15, 0.2) is 5.54 Å². The summed E-state index contributed by atoms with van der Waals surface area (Å²) in [5, 5.41) is 2.87. The fourth-order valence-corrected chi connectivity index (χ4v) is 2.84. The van der Waals surface area contributed by atoms with Gasteiger partial charge in [-0.25, -0.2) is 4.79 Å². The number of hydrogen-bond donors (Lipinski definition) is 2. The van der Waals surface area contributed by atoms with Crippen LogP contribution in [0.1, 0.15) is 11.1 Å². The molecule has 0 unspecified atom stereocenters. The van der Waals surface area contributed by atoms with E-state index < -0.39 is 11.6 Å². The van der Waals surface area contributed by atoms with Crippen molar-refractivity contribution >= 4 is 11.9 Å². The predicted molar refractivity (Wildman–Crippen MR) is 83.0 cm³/mol. The number of benzene rings is 2. The van der Waals surface area contributed by atoms with E-state index in [0.29, 0.717) is 0 Å². The average molecular weight is 295 g/mol. The van der Waals surface area contributed by atoms with Crippen molar-refractivity contribution in [1.82, 2.24) is 10.2 Å². The molecular formula is C17H17N3O2. The van der Waals surface area contributed by atoms with Crippen molar-refractivity contribution in [2.75, 3.05) is 13.1 Å². The first-order valence-corrected chi connectivity index (χ1v) is 7.15. The number of urea groups is 1. The molecule has 1 aliphatic rings. The lowest BCUT2D eigenvalue weighted by Gasteiger charge is -2.28. The first-order valence-electron chi connectivity index (χ1n) is 7.15. The van der Waals surface area contributed by atoms with E-state index in [1.807, 2.05) is 60.7 Å². The molecule has 3 amide bonds. The Bertz CT molecular complexity index is 646. The number of nitrogens with zero attached hydrogens (tertiary/aromatic N) is 1. The third-order valence-corrected chi connectivity index (χ3v) is 3.87. The van der Waals surface area contributed by atoms with Crippen LogP contribution in [0.2, 0.25) is 0 Å². The summed E-state index contributed by atoms with van der Waals surface area (Å²) in [6.07, 6.45) is 0. The number of carbonyl (C=O) groups excluding carboxylic acids is 2. The molecule has 0 aromatic heterocycles. The Morgan fingerprint density at radius 1 is 0.909 bits per heavy atom. The summed E-state index contributed by atoms with van der Waals surface area (Å²) in [5.74, 6) is -0.291. The summed E-state index contributed by atoms with van der Waals surface area (Å²) in [6, 6.07) is 18.1. The maximum atomic E-state index is 13.0. The minimum absolute atomic E-state index is 0.200. The van der Waals surface area contributed by atoms with Gasteiger partial charge >= 0.3 is 6.03 Å². The molecule has 0 atom stereocenters. The summed E-state index contributed by atoms with van der Waals surface area (Å²) < 4.78 is 0. The van der Waals surface area contributed by atoms with E-state index in [4.69, 9.17) is 5.73 Å². The molecule has 0 spiro atoms. The van der Waals surface area contributed by atoms with Crippen LogP contribution < -0.4 is 11.1 Å². The highest BCUT2D eigenvalue weighted by molar-refractivity contribution is 6.09. The molecule has 0 aliphatic carbocycles. The Morgan fingerprint density at radius 2 is 1.41 bits per heavy atom. The largest absolute Gasteiger partial charge is 0.329 e. The van der Waals surface area contributed by atoms with Gasteiger partial charge in [0, 0.05) is 13.1 Å². The van der Waals surface area contributed by atoms with Crippen LogP contribution in [-0.2, 0) is 10.3 Å². The monoisotopic (exact) mass is 295 g/mol. The van der Waals surface area contributed by atoms with Gasteiger partial charge in [-0.05, 0) is 11.1 Å². The molecule has 5 nitrogen and oxygen atoms in total. The maximum absolute atomic E-state index is 13.0. The maximum Gasteiger partial charge on any atom is 0.325 e. The van der Waals surface area contributed by atoms with Gasteiger partial charge < -0.3 is 11.1 Å². The fraction of sp³-hybridized carbons (Fsp3) is 0.176. The summed E-state index contributed by atoms with van der Waals surface area (Å²) >= 11 is 0. The van der Waals surface area contributed by atoms with E-state index in [-0.39, 0.29) is 19.0 Å². The molecule has 112 valence electrons. The zero-order valence-corrected chi connectivity index (χ0v) is 12.0.